The number of benzene rings is 1. The van der Waals surface area contributed by atoms with Gasteiger partial charge in [0, 0.05) is 43.7 Å². The normalized spacial score (nSPS) is 14.7. The van der Waals surface area contributed by atoms with Crippen LogP contribution in [0, 0.1) is 5.82 Å². The molecular formula is C21H19FN4O2. The fourth-order valence-corrected chi connectivity index (χ4v) is 3.31. The number of amides is 1. The summed E-state index contributed by atoms with van der Waals surface area (Å²) in [6.07, 6.45) is 8.07. The molecule has 3 heterocycles. The van der Waals surface area contributed by atoms with Crippen LogP contribution in [0.4, 0.5) is 4.39 Å². The van der Waals surface area contributed by atoms with E-state index in [1.165, 1.54) is 18.3 Å². The van der Waals surface area contributed by atoms with Crippen molar-refractivity contribution in [2.45, 2.75) is 18.8 Å². The Morgan fingerprint density at radius 3 is 2.68 bits per heavy atom. The number of piperidine rings is 1. The quantitative estimate of drug-likeness (QED) is 0.690. The van der Waals surface area contributed by atoms with Gasteiger partial charge in [-0.25, -0.2) is 9.37 Å². The lowest BCUT2D eigenvalue weighted by Crippen LogP contribution is -2.38. The fourth-order valence-electron chi connectivity index (χ4n) is 3.31. The Hall–Kier alpha value is -3.35. The number of hydrogen-bond acceptors (Lipinski definition) is 5. The molecule has 1 saturated heterocycles. The van der Waals surface area contributed by atoms with Crippen molar-refractivity contribution in [1.29, 1.82) is 0 Å². The van der Waals surface area contributed by atoms with Crippen molar-refractivity contribution in [2.75, 3.05) is 13.1 Å². The molecule has 0 atom stereocenters. The Morgan fingerprint density at radius 2 is 1.93 bits per heavy atom. The zero-order chi connectivity index (χ0) is 19.3. The van der Waals surface area contributed by atoms with Gasteiger partial charge in [-0.05, 0) is 37.1 Å². The second kappa shape index (κ2) is 8.12. The van der Waals surface area contributed by atoms with E-state index in [1.54, 1.807) is 42.9 Å². The lowest BCUT2D eigenvalue weighted by Gasteiger charge is -2.31. The molecule has 0 unspecified atom stereocenters. The van der Waals surface area contributed by atoms with E-state index in [0.29, 0.717) is 30.3 Å². The second-order valence-electron chi connectivity index (χ2n) is 6.65. The van der Waals surface area contributed by atoms with Gasteiger partial charge in [-0.15, -0.1) is 0 Å². The molecule has 0 spiro atoms. The van der Waals surface area contributed by atoms with Crippen LogP contribution in [0.25, 0.3) is 0 Å². The monoisotopic (exact) mass is 378 g/mol. The van der Waals surface area contributed by atoms with Gasteiger partial charge in [0.15, 0.2) is 0 Å². The highest BCUT2D eigenvalue weighted by atomic mass is 19.1. The van der Waals surface area contributed by atoms with Gasteiger partial charge in [-0.3, -0.25) is 14.8 Å². The summed E-state index contributed by atoms with van der Waals surface area (Å²) in [7, 11) is 0. The first kappa shape index (κ1) is 18.0. The third-order valence-electron chi connectivity index (χ3n) is 4.76. The largest absolute Gasteiger partial charge is 0.437 e. The van der Waals surface area contributed by atoms with E-state index in [-0.39, 0.29) is 17.6 Å². The maximum absolute atomic E-state index is 13.3. The number of rotatable bonds is 4. The molecule has 0 aliphatic carbocycles. The van der Waals surface area contributed by atoms with Gasteiger partial charge in [-0.1, -0.05) is 6.07 Å². The van der Waals surface area contributed by atoms with Crippen LogP contribution in [0.2, 0.25) is 0 Å². The molecule has 1 aliphatic heterocycles. The van der Waals surface area contributed by atoms with Gasteiger partial charge in [0.25, 0.3) is 5.91 Å². The molecule has 0 saturated carbocycles. The highest BCUT2D eigenvalue weighted by molar-refractivity contribution is 5.93. The highest BCUT2D eigenvalue weighted by Crippen LogP contribution is 2.29. The molecule has 1 amide bonds. The van der Waals surface area contributed by atoms with E-state index >= 15 is 0 Å². The predicted octanol–water partition coefficient (Wildman–Crippen LogP) is 3.82. The first-order chi connectivity index (χ1) is 13.7. The molecule has 0 N–H and O–H groups in total. The average Bonchev–Trinajstić information content (AvgIpc) is 2.74. The molecular weight excluding hydrogens is 359 g/mol. The number of ether oxygens (including phenoxy) is 1. The first-order valence-electron chi connectivity index (χ1n) is 9.14. The molecule has 3 aromatic rings. The minimum absolute atomic E-state index is 0.000762. The van der Waals surface area contributed by atoms with Gasteiger partial charge in [0.05, 0.1) is 17.5 Å². The maximum atomic E-state index is 13.3. The van der Waals surface area contributed by atoms with Crippen molar-refractivity contribution in [1.82, 2.24) is 19.9 Å². The molecule has 4 rings (SSSR count). The summed E-state index contributed by atoms with van der Waals surface area (Å²) in [6.45, 7) is 1.30. The molecule has 1 aromatic carbocycles. The van der Waals surface area contributed by atoms with Crippen molar-refractivity contribution in [3.63, 3.8) is 0 Å². The first-order valence-corrected chi connectivity index (χ1v) is 9.14. The van der Waals surface area contributed by atoms with Gasteiger partial charge >= 0.3 is 0 Å². The summed E-state index contributed by atoms with van der Waals surface area (Å²) < 4.78 is 18.9. The Kier molecular flexibility index (Phi) is 5.23. The van der Waals surface area contributed by atoms with Gasteiger partial charge in [0.1, 0.15) is 11.6 Å². The molecule has 1 fully saturated rings. The minimum Gasteiger partial charge on any atom is -0.437 e. The van der Waals surface area contributed by atoms with Crippen molar-refractivity contribution in [2.24, 2.45) is 0 Å². The number of carbonyl (C=O) groups is 1. The summed E-state index contributed by atoms with van der Waals surface area (Å²) in [5, 5.41) is 0. The fraction of sp³-hybridized carbons (Fsp3) is 0.238. The Balaban J connectivity index is 1.40. The zero-order valence-corrected chi connectivity index (χ0v) is 15.2. The van der Waals surface area contributed by atoms with E-state index in [4.69, 9.17) is 4.74 Å². The third kappa shape index (κ3) is 4.14. The van der Waals surface area contributed by atoms with Crippen LogP contribution < -0.4 is 4.74 Å². The molecule has 7 heteroatoms. The lowest BCUT2D eigenvalue weighted by molar-refractivity contribution is 0.0711. The van der Waals surface area contributed by atoms with Crippen LogP contribution in [-0.4, -0.2) is 38.8 Å². The number of hydrogen-bond donors (Lipinski definition) is 0. The molecule has 142 valence electrons. The molecule has 28 heavy (non-hydrogen) atoms. The third-order valence-corrected chi connectivity index (χ3v) is 4.76. The minimum atomic E-state index is -0.368. The number of carbonyl (C=O) groups excluding carboxylic acids is 1. The van der Waals surface area contributed by atoms with E-state index in [9.17, 15) is 9.18 Å². The summed E-state index contributed by atoms with van der Waals surface area (Å²) in [4.78, 5) is 27.1. The number of nitrogens with zero attached hydrogens (tertiary/aromatic N) is 4. The Morgan fingerprint density at radius 1 is 1.07 bits per heavy atom. The van der Waals surface area contributed by atoms with E-state index in [2.05, 4.69) is 15.0 Å². The van der Waals surface area contributed by atoms with Crippen LogP contribution in [0.1, 0.15) is 34.8 Å². The van der Waals surface area contributed by atoms with E-state index in [0.717, 1.165) is 18.5 Å². The van der Waals surface area contributed by atoms with Crippen LogP contribution in [0.3, 0.4) is 0 Å². The van der Waals surface area contributed by atoms with Crippen LogP contribution in [0.5, 0.6) is 11.6 Å². The van der Waals surface area contributed by atoms with E-state index < -0.39 is 0 Å². The smallest absolute Gasteiger partial charge is 0.255 e. The van der Waals surface area contributed by atoms with E-state index in [1.807, 2.05) is 4.90 Å². The van der Waals surface area contributed by atoms with Crippen molar-refractivity contribution in [3.8, 4) is 11.6 Å². The maximum Gasteiger partial charge on any atom is 0.255 e. The number of halogens is 1. The van der Waals surface area contributed by atoms with Crippen molar-refractivity contribution in [3.05, 3.63) is 78.3 Å². The lowest BCUT2D eigenvalue weighted by atomic mass is 9.93. The molecule has 0 radical (unpaired) electrons. The standard InChI is InChI=1S/C21H19FN4O2/c22-17-4-1-5-18(11-17)28-20-14-24-13-19(25-20)15-6-9-26(10-7-15)21(27)16-3-2-8-23-12-16/h1-5,8,11-15H,6-7,9-10H2. The number of pyridine rings is 1. The van der Waals surface area contributed by atoms with Crippen molar-refractivity contribution < 1.29 is 13.9 Å². The Labute approximate surface area is 162 Å². The molecule has 1 aliphatic rings. The number of aromatic nitrogens is 3. The summed E-state index contributed by atoms with van der Waals surface area (Å²) in [5.41, 5.74) is 1.42. The van der Waals surface area contributed by atoms with Gasteiger partial charge in [-0.2, -0.15) is 0 Å². The highest BCUT2D eigenvalue weighted by Gasteiger charge is 2.26. The Bertz CT molecular complexity index is 959. The van der Waals surface area contributed by atoms with Gasteiger partial charge in [0.2, 0.25) is 5.88 Å². The second-order valence-corrected chi connectivity index (χ2v) is 6.65. The van der Waals surface area contributed by atoms with Crippen LogP contribution in [-0.2, 0) is 0 Å². The topological polar surface area (TPSA) is 68.2 Å². The summed E-state index contributed by atoms with van der Waals surface area (Å²) in [5.74, 6) is 0.537. The zero-order valence-electron chi connectivity index (χ0n) is 15.2. The molecule has 6 nitrogen and oxygen atoms in total. The average molecular weight is 378 g/mol. The molecule has 2 aromatic heterocycles. The summed E-state index contributed by atoms with van der Waals surface area (Å²) in [6, 6.07) is 9.45. The SMILES string of the molecule is O=C(c1cccnc1)N1CCC(c2cncc(Oc3cccc(F)c3)n2)CC1. The summed E-state index contributed by atoms with van der Waals surface area (Å²) >= 11 is 0. The molecule has 0 bridgehead atoms. The van der Waals surface area contributed by atoms with Crippen molar-refractivity contribution >= 4 is 5.91 Å². The number of likely N-dealkylation sites (tertiary alicyclic amines) is 1. The van der Waals surface area contributed by atoms with Crippen LogP contribution >= 0.6 is 0 Å². The predicted molar refractivity (Wildman–Crippen MR) is 101 cm³/mol. The van der Waals surface area contributed by atoms with Gasteiger partial charge < -0.3 is 9.64 Å². The van der Waals surface area contributed by atoms with Crippen LogP contribution in [0.15, 0.2) is 61.2 Å².